The van der Waals surface area contributed by atoms with Crippen molar-refractivity contribution in [2.24, 2.45) is 0 Å². The second-order valence-electron chi connectivity index (χ2n) is 3.27. The van der Waals surface area contributed by atoms with Crippen LogP contribution in [-0.4, -0.2) is 0 Å². The van der Waals surface area contributed by atoms with Crippen molar-refractivity contribution in [1.29, 1.82) is 0 Å². The molecule has 0 unspecified atom stereocenters. The van der Waals surface area contributed by atoms with Crippen molar-refractivity contribution in [1.82, 2.24) is 0 Å². The molecule has 0 atom stereocenters. The summed E-state index contributed by atoms with van der Waals surface area (Å²) in [6.07, 6.45) is 11.3. The fourth-order valence-electron chi connectivity index (χ4n) is 1.78. The first kappa shape index (κ1) is 14.4. The molecule has 0 nitrogen and oxygen atoms in total. The maximum Gasteiger partial charge on any atom is -1.00 e. The zero-order valence-corrected chi connectivity index (χ0v) is 11.9. The first-order chi connectivity index (χ1) is 5.79. The summed E-state index contributed by atoms with van der Waals surface area (Å²) in [7, 11) is 0. The Morgan fingerprint density at radius 2 is 1.93 bits per heavy atom. The Balaban J connectivity index is 0.000000845. The third-order valence-corrected chi connectivity index (χ3v) is 3.52. The van der Waals surface area contributed by atoms with E-state index in [0.29, 0.717) is 0 Å². The molecule has 0 saturated heterocycles. The minimum atomic E-state index is 0. The van der Waals surface area contributed by atoms with Crippen molar-refractivity contribution < 1.29 is 49.5 Å². The van der Waals surface area contributed by atoms with Crippen LogP contribution in [0.2, 0.25) is 0 Å². The molecule has 0 aromatic heterocycles. The quantitative estimate of drug-likeness (QED) is 0.485. The Labute approximate surface area is 113 Å². The standard InChI is InChI=1S/C11H11.2ClH.Zr/c1-9-5-4-8-11(9)10-6-2-3-7-10;;;/h2-3,5-6H,4,7H2,1H3;2*1H;/q;;;+2/p-2. The molecule has 2 rings (SSSR count). The van der Waals surface area contributed by atoms with Gasteiger partial charge in [-0.2, -0.15) is 0 Å². The van der Waals surface area contributed by atoms with Crippen molar-refractivity contribution in [3.8, 4) is 0 Å². The van der Waals surface area contributed by atoms with Crippen LogP contribution in [0.25, 0.3) is 0 Å². The summed E-state index contributed by atoms with van der Waals surface area (Å²) in [5, 5.41) is 0. The molecule has 0 bridgehead atoms. The van der Waals surface area contributed by atoms with E-state index in [2.05, 4.69) is 31.2 Å². The van der Waals surface area contributed by atoms with Crippen LogP contribution in [-0.2, 0) is 24.7 Å². The van der Waals surface area contributed by atoms with Gasteiger partial charge < -0.3 is 24.8 Å². The number of hydrogen-bond acceptors (Lipinski definition) is 0. The maximum atomic E-state index is 2.35. The Morgan fingerprint density at radius 3 is 2.36 bits per heavy atom. The van der Waals surface area contributed by atoms with Gasteiger partial charge >= 0.3 is 88.8 Å². The monoisotopic (exact) mass is 303 g/mol. The molecular formula is C11H11Cl2Zr. The van der Waals surface area contributed by atoms with Gasteiger partial charge in [0.15, 0.2) is 0 Å². The van der Waals surface area contributed by atoms with Gasteiger partial charge in [0.1, 0.15) is 0 Å². The van der Waals surface area contributed by atoms with E-state index in [-0.39, 0.29) is 24.8 Å². The van der Waals surface area contributed by atoms with Crippen molar-refractivity contribution in [3.05, 3.63) is 44.3 Å². The first-order valence-corrected chi connectivity index (χ1v) is 5.50. The van der Waals surface area contributed by atoms with Gasteiger partial charge in [-0.15, -0.1) is 0 Å². The normalized spacial score (nSPS) is 18.8. The molecule has 0 saturated carbocycles. The molecule has 0 radical (unpaired) electrons. The molecule has 14 heavy (non-hydrogen) atoms. The van der Waals surface area contributed by atoms with E-state index in [9.17, 15) is 0 Å². The zero-order chi connectivity index (χ0) is 8.55. The molecule has 0 N–H and O–H groups in total. The molecule has 0 spiro atoms. The summed E-state index contributed by atoms with van der Waals surface area (Å²) < 4.78 is 1.62. The van der Waals surface area contributed by atoms with E-state index in [1.807, 2.05) is 0 Å². The number of allylic oxidation sites excluding steroid dienone is 8. The fourth-order valence-corrected chi connectivity index (χ4v) is 2.91. The van der Waals surface area contributed by atoms with Gasteiger partial charge in [0.25, 0.3) is 0 Å². The average Bonchev–Trinajstić information content (AvgIpc) is 2.61. The molecule has 73 valence electrons. The Morgan fingerprint density at radius 1 is 1.21 bits per heavy atom. The summed E-state index contributed by atoms with van der Waals surface area (Å²) >= 11 is 1.58. The van der Waals surface area contributed by atoms with Crippen LogP contribution < -0.4 is 24.8 Å². The second-order valence-corrected chi connectivity index (χ2v) is 4.75. The largest absolute Gasteiger partial charge is 1.00 e. The van der Waals surface area contributed by atoms with Crippen LogP contribution in [0.15, 0.2) is 44.3 Å². The van der Waals surface area contributed by atoms with Gasteiger partial charge in [0.2, 0.25) is 0 Å². The van der Waals surface area contributed by atoms with Crippen molar-refractivity contribution >= 4 is 0 Å². The molecule has 0 aromatic carbocycles. The smallest absolute Gasteiger partial charge is 1.00 e. The van der Waals surface area contributed by atoms with E-state index >= 15 is 0 Å². The van der Waals surface area contributed by atoms with Gasteiger partial charge in [0, 0.05) is 0 Å². The minimum absolute atomic E-state index is 0. The van der Waals surface area contributed by atoms with Crippen LogP contribution in [0, 0.1) is 0 Å². The molecule has 0 fully saturated rings. The summed E-state index contributed by atoms with van der Waals surface area (Å²) in [6, 6.07) is 0. The maximum absolute atomic E-state index is 2.35. The van der Waals surface area contributed by atoms with Crippen LogP contribution >= 0.6 is 0 Å². The molecule has 0 aromatic rings. The van der Waals surface area contributed by atoms with Crippen LogP contribution in [0.1, 0.15) is 19.8 Å². The van der Waals surface area contributed by atoms with E-state index in [1.165, 1.54) is 17.6 Å². The van der Waals surface area contributed by atoms with E-state index in [1.54, 1.807) is 33.6 Å². The van der Waals surface area contributed by atoms with Gasteiger partial charge in [-0.05, 0) is 0 Å². The first-order valence-electron chi connectivity index (χ1n) is 4.27. The van der Waals surface area contributed by atoms with E-state index in [0.717, 1.165) is 6.42 Å². The Bertz CT molecular complexity index is 335. The van der Waals surface area contributed by atoms with Crippen LogP contribution in [0.4, 0.5) is 0 Å². The van der Waals surface area contributed by atoms with Crippen molar-refractivity contribution in [2.45, 2.75) is 19.8 Å². The van der Waals surface area contributed by atoms with Crippen molar-refractivity contribution in [3.63, 3.8) is 0 Å². The van der Waals surface area contributed by atoms with Crippen LogP contribution in [0.3, 0.4) is 0 Å². The summed E-state index contributed by atoms with van der Waals surface area (Å²) in [6.45, 7) is 2.23. The predicted molar refractivity (Wildman–Crippen MR) is 47.2 cm³/mol. The summed E-state index contributed by atoms with van der Waals surface area (Å²) in [5.41, 5.74) is 4.56. The number of halogens is 2. The molecule has 2 aliphatic carbocycles. The van der Waals surface area contributed by atoms with Gasteiger partial charge in [0.05, 0.1) is 0 Å². The summed E-state index contributed by atoms with van der Waals surface area (Å²) in [5.74, 6) is 0. The van der Waals surface area contributed by atoms with Crippen LogP contribution in [0.5, 0.6) is 0 Å². The number of rotatable bonds is 1. The Kier molecular flexibility index (Phi) is 6.29. The molecule has 0 aliphatic heterocycles. The van der Waals surface area contributed by atoms with E-state index < -0.39 is 0 Å². The SMILES string of the molecule is CC1=CC[C]([Zr+2])=C1C1=CC=CC1.[Cl-].[Cl-]. The van der Waals surface area contributed by atoms with Gasteiger partial charge in [-0.1, -0.05) is 0 Å². The third-order valence-electron chi connectivity index (χ3n) is 2.40. The fraction of sp³-hybridized carbons (Fsp3) is 0.273. The molecule has 3 heteroatoms. The van der Waals surface area contributed by atoms with E-state index in [4.69, 9.17) is 0 Å². The van der Waals surface area contributed by atoms with Crippen molar-refractivity contribution in [2.75, 3.05) is 0 Å². The summed E-state index contributed by atoms with van der Waals surface area (Å²) in [4.78, 5) is 0. The molecule has 0 heterocycles. The Hall–Kier alpha value is 0.423. The molecule has 0 amide bonds. The average molecular weight is 305 g/mol. The number of hydrogen-bond donors (Lipinski definition) is 0. The topological polar surface area (TPSA) is 0 Å². The zero-order valence-electron chi connectivity index (χ0n) is 7.98. The third kappa shape index (κ3) is 2.72. The molecule has 2 aliphatic rings. The van der Waals surface area contributed by atoms with Gasteiger partial charge in [-0.25, -0.2) is 0 Å². The predicted octanol–water partition coefficient (Wildman–Crippen LogP) is -2.97. The van der Waals surface area contributed by atoms with Gasteiger partial charge in [-0.3, -0.25) is 0 Å². The second kappa shape index (κ2) is 6.10. The minimum Gasteiger partial charge on any atom is -1.00 e. The molecular weight excluding hydrogens is 294 g/mol.